The number of ether oxygens (including phenoxy) is 1. The van der Waals surface area contributed by atoms with Crippen LogP contribution in [0.4, 0.5) is 0 Å². The predicted molar refractivity (Wildman–Crippen MR) is 60.9 cm³/mol. The van der Waals surface area contributed by atoms with Crippen LogP contribution >= 0.6 is 0 Å². The highest BCUT2D eigenvalue weighted by molar-refractivity contribution is 5.81. The zero-order valence-corrected chi connectivity index (χ0v) is 9.98. The summed E-state index contributed by atoms with van der Waals surface area (Å²) in [6.07, 6.45) is 1.37. The lowest BCUT2D eigenvalue weighted by Crippen LogP contribution is -2.41. The largest absolute Gasteiger partial charge is 0.393 e. The van der Waals surface area contributed by atoms with Crippen molar-refractivity contribution in [2.24, 2.45) is 5.73 Å². The van der Waals surface area contributed by atoms with E-state index in [1.165, 1.54) is 0 Å². The zero-order chi connectivity index (χ0) is 12.1. The molecule has 1 heterocycles. The van der Waals surface area contributed by atoms with E-state index < -0.39 is 6.10 Å². The summed E-state index contributed by atoms with van der Waals surface area (Å²) in [5.41, 5.74) is 5.47. The van der Waals surface area contributed by atoms with E-state index >= 15 is 0 Å². The highest BCUT2D eigenvalue weighted by Crippen LogP contribution is 2.19. The Hall–Kier alpha value is -0.650. The maximum absolute atomic E-state index is 11.7. The van der Waals surface area contributed by atoms with Gasteiger partial charge < -0.3 is 20.9 Å². The monoisotopic (exact) mass is 230 g/mol. The number of aliphatic hydroxyl groups excluding tert-OH is 1. The zero-order valence-electron chi connectivity index (χ0n) is 9.98. The van der Waals surface area contributed by atoms with E-state index in [0.29, 0.717) is 13.0 Å². The standard InChI is InChI=1S/C11H22N2O3/c1-7(5-8(2)14)13-11(15)10-4-3-9(6-12)16-10/h7-10,14H,3-6,12H2,1-2H3,(H,13,15). The minimum Gasteiger partial charge on any atom is -0.393 e. The fraction of sp³-hybridized carbons (Fsp3) is 0.909. The molecule has 5 nitrogen and oxygen atoms in total. The molecule has 1 saturated heterocycles. The van der Waals surface area contributed by atoms with E-state index in [2.05, 4.69) is 5.32 Å². The minimum atomic E-state index is -0.406. The van der Waals surface area contributed by atoms with E-state index in [1.54, 1.807) is 6.92 Å². The van der Waals surface area contributed by atoms with E-state index in [1.807, 2.05) is 6.92 Å². The lowest BCUT2D eigenvalue weighted by Gasteiger charge is -2.18. The van der Waals surface area contributed by atoms with Crippen LogP contribution in [0, 0.1) is 0 Å². The van der Waals surface area contributed by atoms with Gasteiger partial charge in [-0.05, 0) is 33.1 Å². The molecule has 1 aliphatic rings. The molecule has 1 aliphatic heterocycles. The lowest BCUT2D eigenvalue weighted by atomic mass is 10.1. The fourth-order valence-electron chi connectivity index (χ4n) is 1.98. The van der Waals surface area contributed by atoms with Crippen LogP contribution in [0.2, 0.25) is 0 Å². The normalized spacial score (nSPS) is 28.8. The lowest BCUT2D eigenvalue weighted by molar-refractivity contribution is -0.132. The van der Waals surface area contributed by atoms with Crippen molar-refractivity contribution in [3.8, 4) is 0 Å². The smallest absolute Gasteiger partial charge is 0.249 e. The van der Waals surface area contributed by atoms with Crippen LogP contribution in [0.15, 0.2) is 0 Å². The number of nitrogens with one attached hydrogen (secondary N) is 1. The number of hydrogen-bond acceptors (Lipinski definition) is 4. The number of hydrogen-bond donors (Lipinski definition) is 3. The molecule has 1 fully saturated rings. The van der Waals surface area contributed by atoms with Gasteiger partial charge in [0.1, 0.15) is 6.10 Å². The van der Waals surface area contributed by atoms with Gasteiger partial charge in [-0.1, -0.05) is 0 Å². The van der Waals surface area contributed by atoms with Crippen LogP contribution in [0.1, 0.15) is 33.1 Å². The molecular formula is C11H22N2O3. The summed E-state index contributed by atoms with van der Waals surface area (Å²) in [6.45, 7) is 4.05. The first-order chi connectivity index (χ1) is 7.52. The third kappa shape index (κ3) is 4.08. The molecule has 0 aromatic rings. The Balaban J connectivity index is 2.30. The fourth-order valence-corrected chi connectivity index (χ4v) is 1.98. The Labute approximate surface area is 96.3 Å². The highest BCUT2D eigenvalue weighted by Gasteiger charge is 2.30. The van der Waals surface area contributed by atoms with Gasteiger partial charge in [0.25, 0.3) is 0 Å². The molecule has 0 radical (unpaired) electrons. The molecule has 0 spiro atoms. The maximum Gasteiger partial charge on any atom is 0.249 e. The van der Waals surface area contributed by atoms with Crippen molar-refractivity contribution in [1.29, 1.82) is 0 Å². The van der Waals surface area contributed by atoms with Crippen molar-refractivity contribution >= 4 is 5.91 Å². The Morgan fingerprint density at radius 2 is 2.25 bits per heavy atom. The van der Waals surface area contributed by atoms with Crippen LogP contribution in [0.3, 0.4) is 0 Å². The van der Waals surface area contributed by atoms with Gasteiger partial charge in [0.05, 0.1) is 12.2 Å². The molecule has 0 aromatic heterocycles. The van der Waals surface area contributed by atoms with Crippen LogP contribution in [-0.2, 0) is 9.53 Å². The molecule has 94 valence electrons. The van der Waals surface area contributed by atoms with Crippen molar-refractivity contribution < 1.29 is 14.6 Å². The molecule has 1 rings (SSSR count). The van der Waals surface area contributed by atoms with Crippen molar-refractivity contribution in [3.05, 3.63) is 0 Å². The van der Waals surface area contributed by atoms with Crippen LogP contribution in [0.25, 0.3) is 0 Å². The van der Waals surface area contributed by atoms with Gasteiger partial charge in [0.15, 0.2) is 0 Å². The summed E-state index contributed by atoms with van der Waals surface area (Å²) in [7, 11) is 0. The van der Waals surface area contributed by atoms with Crippen LogP contribution in [0.5, 0.6) is 0 Å². The Bertz CT molecular complexity index is 233. The van der Waals surface area contributed by atoms with E-state index in [0.717, 1.165) is 12.8 Å². The Kier molecular flexibility index (Phi) is 5.18. The van der Waals surface area contributed by atoms with Crippen molar-refractivity contribution in [2.45, 2.75) is 57.5 Å². The first-order valence-corrected chi connectivity index (χ1v) is 5.87. The average Bonchev–Trinajstić information content (AvgIpc) is 2.64. The molecule has 5 heteroatoms. The summed E-state index contributed by atoms with van der Waals surface area (Å²) < 4.78 is 5.48. The Morgan fingerprint density at radius 3 is 2.75 bits per heavy atom. The molecule has 0 bridgehead atoms. The second kappa shape index (κ2) is 6.18. The Morgan fingerprint density at radius 1 is 1.56 bits per heavy atom. The number of amides is 1. The number of carbonyl (C=O) groups excluding carboxylic acids is 1. The second-order valence-electron chi connectivity index (χ2n) is 4.55. The van der Waals surface area contributed by atoms with Gasteiger partial charge in [-0.25, -0.2) is 0 Å². The number of nitrogens with two attached hydrogens (primary N) is 1. The molecule has 0 aromatic carbocycles. The molecule has 0 saturated carbocycles. The van der Waals surface area contributed by atoms with E-state index in [-0.39, 0.29) is 24.2 Å². The summed E-state index contributed by atoms with van der Waals surface area (Å²) >= 11 is 0. The number of aliphatic hydroxyl groups is 1. The summed E-state index contributed by atoms with van der Waals surface area (Å²) in [5.74, 6) is -0.0934. The topological polar surface area (TPSA) is 84.6 Å². The van der Waals surface area contributed by atoms with Crippen molar-refractivity contribution in [3.63, 3.8) is 0 Å². The summed E-state index contributed by atoms with van der Waals surface area (Å²) in [4.78, 5) is 11.7. The van der Waals surface area contributed by atoms with Crippen LogP contribution < -0.4 is 11.1 Å². The molecule has 16 heavy (non-hydrogen) atoms. The predicted octanol–water partition coefficient (Wildman–Crippen LogP) is -0.232. The summed E-state index contributed by atoms with van der Waals surface area (Å²) in [6, 6.07) is -0.0342. The SMILES string of the molecule is CC(O)CC(C)NC(=O)C1CCC(CN)O1. The number of rotatable bonds is 5. The second-order valence-corrected chi connectivity index (χ2v) is 4.55. The molecule has 1 amide bonds. The van der Waals surface area contributed by atoms with Gasteiger partial charge >= 0.3 is 0 Å². The number of carbonyl (C=O) groups is 1. The van der Waals surface area contributed by atoms with E-state index in [4.69, 9.17) is 10.5 Å². The quantitative estimate of drug-likeness (QED) is 0.609. The third-order valence-corrected chi connectivity index (χ3v) is 2.75. The van der Waals surface area contributed by atoms with E-state index in [9.17, 15) is 9.90 Å². The van der Waals surface area contributed by atoms with Gasteiger partial charge in [-0.15, -0.1) is 0 Å². The molecule has 4 unspecified atom stereocenters. The van der Waals surface area contributed by atoms with Gasteiger partial charge in [-0.2, -0.15) is 0 Å². The molecule has 0 aliphatic carbocycles. The van der Waals surface area contributed by atoms with Crippen molar-refractivity contribution in [2.75, 3.05) is 6.54 Å². The van der Waals surface area contributed by atoms with Gasteiger partial charge in [0, 0.05) is 12.6 Å². The first-order valence-electron chi connectivity index (χ1n) is 5.87. The molecule has 4 N–H and O–H groups in total. The van der Waals surface area contributed by atoms with Gasteiger partial charge in [0.2, 0.25) is 5.91 Å². The van der Waals surface area contributed by atoms with Crippen molar-refractivity contribution in [1.82, 2.24) is 5.32 Å². The van der Waals surface area contributed by atoms with Crippen LogP contribution in [-0.4, -0.2) is 41.9 Å². The molecular weight excluding hydrogens is 208 g/mol. The minimum absolute atomic E-state index is 0.0165. The molecule has 4 atom stereocenters. The third-order valence-electron chi connectivity index (χ3n) is 2.75. The summed E-state index contributed by atoms with van der Waals surface area (Å²) in [5, 5.41) is 12.0. The average molecular weight is 230 g/mol. The highest BCUT2D eigenvalue weighted by atomic mass is 16.5. The first kappa shape index (κ1) is 13.4. The van der Waals surface area contributed by atoms with Gasteiger partial charge in [-0.3, -0.25) is 4.79 Å². The maximum atomic E-state index is 11.7.